The molecule has 0 bridgehead atoms. The van der Waals surface area contributed by atoms with E-state index in [1.54, 1.807) is 11.8 Å². The van der Waals surface area contributed by atoms with Gasteiger partial charge in [0.2, 0.25) is 5.91 Å². The number of likely N-dealkylation sites (tertiary alicyclic amines) is 1. The molecule has 3 unspecified atom stereocenters. The van der Waals surface area contributed by atoms with Gasteiger partial charge in [0.1, 0.15) is 0 Å². The first-order valence-electron chi connectivity index (χ1n) is 6.94. The third-order valence-electron chi connectivity index (χ3n) is 4.20. The number of carbonyl (C=O) groups is 1. The van der Waals surface area contributed by atoms with Crippen molar-refractivity contribution in [2.45, 2.75) is 36.0 Å². The van der Waals surface area contributed by atoms with Crippen molar-refractivity contribution in [2.75, 3.05) is 13.1 Å². The molecular weight excluding hydrogens is 292 g/mol. The van der Waals surface area contributed by atoms with E-state index in [2.05, 4.69) is 12.1 Å². The molecule has 0 aromatic heterocycles. The number of halogens is 1. The fourth-order valence-electron chi connectivity index (χ4n) is 2.94. The number of fused-ring (bicyclic) bond motifs is 1. The second-order valence-corrected chi connectivity index (χ2v) is 6.86. The molecule has 3 rings (SSSR count). The highest BCUT2D eigenvalue weighted by atomic mass is 35.5. The predicted molar refractivity (Wildman–Crippen MR) is 85.4 cm³/mol. The van der Waals surface area contributed by atoms with Gasteiger partial charge < -0.3 is 10.6 Å². The molecular formula is C15H21ClN2OS. The molecule has 0 radical (unpaired) electrons. The molecule has 1 fully saturated rings. The smallest absolute Gasteiger partial charge is 0.236 e. The molecule has 3 nitrogen and oxygen atoms in total. The summed E-state index contributed by atoms with van der Waals surface area (Å²) in [6.07, 6.45) is 1.92. The van der Waals surface area contributed by atoms with Gasteiger partial charge in [-0.05, 0) is 37.3 Å². The van der Waals surface area contributed by atoms with Gasteiger partial charge in [-0.15, -0.1) is 24.2 Å². The van der Waals surface area contributed by atoms with E-state index >= 15 is 0 Å². The minimum atomic E-state index is 0. The number of rotatable bonds is 2. The number of nitrogens with two attached hydrogens (primary N) is 1. The van der Waals surface area contributed by atoms with Crippen LogP contribution in [0, 0.1) is 5.92 Å². The summed E-state index contributed by atoms with van der Waals surface area (Å²) < 4.78 is 0. The number of hydrogen-bond acceptors (Lipinski definition) is 3. The Kier molecular flexibility index (Phi) is 4.99. The Morgan fingerprint density at radius 2 is 2.20 bits per heavy atom. The van der Waals surface area contributed by atoms with E-state index in [0.29, 0.717) is 11.8 Å². The first-order valence-corrected chi connectivity index (χ1v) is 7.82. The van der Waals surface area contributed by atoms with Crippen LogP contribution in [0.15, 0.2) is 29.2 Å². The van der Waals surface area contributed by atoms with Crippen LogP contribution in [0.3, 0.4) is 0 Å². The Morgan fingerprint density at radius 3 is 2.85 bits per heavy atom. The van der Waals surface area contributed by atoms with Crippen molar-refractivity contribution < 1.29 is 4.79 Å². The molecule has 0 spiro atoms. The summed E-state index contributed by atoms with van der Waals surface area (Å²) in [5, 5.41) is 0.0734. The van der Waals surface area contributed by atoms with Crippen LogP contribution in [-0.4, -0.2) is 35.2 Å². The molecule has 2 aliphatic rings. The third kappa shape index (κ3) is 2.97. The summed E-state index contributed by atoms with van der Waals surface area (Å²) in [5.41, 5.74) is 7.25. The number of benzene rings is 1. The monoisotopic (exact) mass is 312 g/mol. The predicted octanol–water partition coefficient (Wildman–Crippen LogP) is 2.32. The van der Waals surface area contributed by atoms with E-state index in [1.165, 1.54) is 10.5 Å². The van der Waals surface area contributed by atoms with Crippen molar-refractivity contribution >= 4 is 30.1 Å². The van der Waals surface area contributed by atoms with Gasteiger partial charge >= 0.3 is 0 Å². The molecule has 5 heteroatoms. The van der Waals surface area contributed by atoms with Crippen molar-refractivity contribution in [3.63, 3.8) is 0 Å². The van der Waals surface area contributed by atoms with E-state index in [0.717, 1.165) is 25.9 Å². The molecule has 20 heavy (non-hydrogen) atoms. The molecule has 1 aromatic carbocycles. The number of nitrogens with zero attached hydrogens (tertiary/aromatic N) is 1. The second kappa shape index (κ2) is 6.37. The molecule has 3 atom stereocenters. The summed E-state index contributed by atoms with van der Waals surface area (Å²) >= 11 is 1.72. The van der Waals surface area contributed by atoms with Crippen LogP contribution in [0.5, 0.6) is 0 Å². The highest BCUT2D eigenvalue weighted by molar-refractivity contribution is 8.01. The highest BCUT2D eigenvalue weighted by Gasteiger charge is 2.35. The average molecular weight is 313 g/mol. The van der Waals surface area contributed by atoms with Crippen LogP contribution in [0.4, 0.5) is 0 Å². The maximum absolute atomic E-state index is 12.5. The van der Waals surface area contributed by atoms with Crippen molar-refractivity contribution in [1.82, 2.24) is 4.90 Å². The van der Waals surface area contributed by atoms with Crippen LogP contribution in [0.2, 0.25) is 0 Å². The zero-order valence-electron chi connectivity index (χ0n) is 11.6. The lowest BCUT2D eigenvalue weighted by atomic mass is 10.0. The van der Waals surface area contributed by atoms with Gasteiger partial charge in [0.15, 0.2) is 0 Å². The first kappa shape index (κ1) is 15.7. The van der Waals surface area contributed by atoms with Crippen LogP contribution < -0.4 is 5.73 Å². The normalized spacial score (nSPS) is 26.0. The summed E-state index contributed by atoms with van der Waals surface area (Å²) in [7, 11) is 0. The number of amides is 1. The minimum absolute atomic E-state index is 0. The van der Waals surface area contributed by atoms with Gasteiger partial charge in [0.25, 0.3) is 0 Å². The quantitative estimate of drug-likeness (QED) is 0.911. The SMILES string of the molecule is CC(N)C1CCN(C(=O)C2Cc3ccccc3S2)C1.Cl. The largest absolute Gasteiger partial charge is 0.341 e. The van der Waals surface area contributed by atoms with Crippen LogP contribution in [0.25, 0.3) is 0 Å². The lowest BCUT2D eigenvalue weighted by molar-refractivity contribution is -0.129. The Labute approximate surface area is 130 Å². The van der Waals surface area contributed by atoms with Crippen LogP contribution in [-0.2, 0) is 11.2 Å². The molecule has 1 amide bonds. The van der Waals surface area contributed by atoms with Gasteiger partial charge in [0.05, 0.1) is 5.25 Å². The number of hydrogen-bond donors (Lipinski definition) is 1. The summed E-state index contributed by atoms with van der Waals surface area (Å²) in [4.78, 5) is 15.8. The summed E-state index contributed by atoms with van der Waals surface area (Å²) in [5.74, 6) is 0.766. The lowest BCUT2D eigenvalue weighted by Gasteiger charge is -2.21. The zero-order valence-corrected chi connectivity index (χ0v) is 13.3. The lowest BCUT2D eigenvalue weighted by Crippen LogP contribution is -2.37. The van der Waals surface area contributed by atoms with E-state index in [1.807, 2.05) is 24.0 Å². The highest BCUT2D eigenvalue weighted by Crippen LogP contribution is 2.38. The fraction of sp³-hybridized carbons (Fsp3) is 0.533. The zero-order chi connectivity index (χ0) is 13.4. The second-order valence-electron chi connectivity index (χ2n) is 5.61. The summed E-state index contributed by atoms with van der Waals surface area (Å²) in [6, 6.07) is 8.52. The van der Waals surface area contributed by atoms with E-state index in [9.17, 15) is 4.79 Å². The van der Waals surface area contributed by atoms with Crippen LogP contribution in [0.1, 0.15) is 18.9 Å². The maximum Gasteiger partial charge on any atom is 0.236 e. The molecule has 2 aliphatic heterocycles. The molecule has 2 N–H and O–H groups in total. The van der Waals surface area contributed by atoms with Crippen molar-refractivity contribution in [3.8, 4) is 0 Å². The minimum Gasteiger partial charge on any atom is -0.341 e. The van der Waals surface area contributed by atoms with Gasteiger partial charge in [-0.2, -0.15) is 0 Å². The van der Waals surface area contributed by atoms with Gasteiger partial charge in [-0.3, -0.25) is 4.79 Å². The molecule has 1 saturated heterocycles. The van der Waals surface area contributed by atoms with Gasteiger partial charge in [-0.1, -0.05) is 18.2 Å². The average Bonchev–Trinajstić information content (AvgIpc) is 3.04. The standard InChI is InChI=1S/C15H20N2OS.ClH/c1-10(16)12-6-7-17(9-12)15(18)14-8-11-4-2-3-5-13(11)19-14;/h2-5,10,12,14H,6-9,16H2,1H3;1H. The van der Waals surface area contributed by atoms with E-state index < -0.39 is 0 Å². The Bertz CT molecular complexity index is 470. The fourth-order valence-corrected chi connectivity index (χ4v) is 4.22. The Balaban J connectivity index is 0.00000147. The summed E-state index contributed by atoms with van der Waals surface area (Å²) in [6.45, 7) is 3.75. The van der Waals surface area contributed by atoms with Crippen molar-refractivity contribution in [2.24, 2.45) is 11.7 Å². The van der Waals surface area contributed by atoms with Crippen molar-refractivity contribution in [3.05, 3.63) is 29.8 Å². The topological polar surface area (TPSA) is 46.3 Å². The van der Waals surface area contributed by atoms with Gasteiger partial charge in [-0.25, -0.2) is 0 Å². The Morgan fingerprint density at radius 1 is 1.45 bits per heavy atom. The molecule has 0 aliphatic carbocycles. The number of thioether (sulfide) groups is 1. The molecule has 110 valence electrons. The molecule has 1 aromatic rings. The van der Waals surface area contributed by atoms with Crippen LogP contribution >= 0.6 is 24.2 Å². The third-order valence-corrected chi connectivity index (χ3v) is 5.51. The van der Waals surface area contributed by atoms with E-state index in [4.69, 9.17) is 5.73 Å². The number of carbonyl (C=O) groups excluding carboxylic acids is 1. The maximum atomic E-state index is 12.5. The molecule has 2 heterocycles. The Hall–Kier alpha value is -0.710. The van der Waals surface area contributed by atoms with E-state index in [-0.39, 0.29) is 23.7 Å². The van der Waals surface area contributed by atoms with Gasteiger partial charge in [0, 0.05) is 24.0 Å². The molecule has 0 saturated carbocycles. The van der Waals surface area contributed by atoms with Crippen molar-refractivity contribution in [1.29, 1.82) is 0 Å². The first-order chi connectivity index (χ1) is 9.15.